The SMILES string of the molecule is CCCNC(=O)[C@@H](C)N(Cc1cccc(Cl)c1)C(=O)CN(c1cc(C)cc(C)c1)S(=O)(=O)c1ccc(OC)c(OC)c1. The molecule has 11 heteroatoms. The maximum Gasteiger partial charge on any atom is 0.264 e. The number of sulfonamides is 1. The van der Waals surface area contributed by atoms with Gasteiger partial charge in [0.05, 0.1) is 24.8 Å². The van der Waals surface area contributed by atoms with Crippen LogP contribution in [0.2, 0.25) is 5.02 Å². The first-order valence-corrected chi connectivity index (χ1v) is 15.4. The molecule has 0 radical (unpaired) electrons. The standard InChI is InChI=1S/C31H38ClN3O6S/c1-7-13-33-31(37)23(4)34(19-24-9-8-10-25(32)17-24)30(36)20-35(26-15-21(2)14-22(3)16-26)42(38,39)27-11-12-28(40-5)29(18-27)41-6/h8-12,14-18,23H,7,13,19-20H2,1-6H3,(H,33,37)/t23-/m1/s1. The molecule has 1 atom stereocenters. The molecule has 3 aromatic rings. The number of amides is 2. The number of ether oxygens (including phenoxy) is 2. The minimum absolute atomic E-state index is 0.0528. The van der Waals surface area contributed by atoms with Gasteiger partial charge in [-0.3, -0.25) is 13.9 Å². The number of hydrogen-bond acceptors (Lipinski definition) is 6. The van der Waals surface area contributed by atoms with Crippen LogP contribution in [0.3, 0.4) is 0 Å². The highest BCUT2D eigenvalue weighted by Gasteiger charge is 2.33. The molecule has 42 heavy (non-hydrogen) atoms. The second-order valence-corrected chi connectivity index (χ2v) is 12.3. The molecule has 3 rings (SSSR count). The molecule has 0 aromatic heterocycles. The summed E-state index contributed by atoms with van der Waals surface area (Å²) in [5.41, 5.74) is 2.68. The molecule has 226 valence electrons. The van der Waals surface area contributed by atoms with Crippen LogP contribution in [0.5, 0.6) is 11.5 Å². The molecule has 0 saturated carbocycles. The van der Waals surface area contributed by atoms with Crippen LogP contribution < -0.4 is 19.1 Å². The number of benzene rings is 3. The summed E-state index contributed by atoms with van der Waals surface area (Å²) >= 11 is 6.20. The third-order valence-electron chi connectivity index (χ3n) is 6.67. The van der Waals surface area contributed by atoms with Crippen LogP contribution in [0.1, 0.15) is 37.0 Å². The first-order valence-electron chi connectivity index (χ1n) is 13.6. The summed E-state index contributed by atoms with van der Waals surface area (Å²) in [6, 6.07) is 15.7. The van der Waals surface area contributed by atoms with Crippen molar-refractivity contribution in [2.75, 3.05) is 31.6 Å². The Morgan fingerprint density at radius 2 is 1.62 bits per heavy atom. The van der Waals surface area contributed by atoms with Gasteiger partial charge in [-0.25, -0.2) is 8.42 Å². The number of aryl methyl sites for hydroxylation is 2. The molecule has 0 heterocycles. The van der Waals surface area contributed by atoms with Gasteiger partial charge < -0.3 is 19.7 Å². The van der Waals surface area contributed by atoms with Gasteiger partial charge in [0.2, 0.25) is 11.8 Å². The molecule has 0 aliphatic heterocycles. The van der Waals surface area contributed by atoms with Crippen LogP contribution in [-0.2, 0) is 26.2 Å². The Morgan fingerprint density at radius 1 is 0.952 bits per heavy atom. The summed E-state index contributed by atoms with van der Waals surface area (Å²) in [7, 11) is -1.41. The number of nitrogens with one attached hydrogen (secondary N) is 1. The van der Waals surface area contributed by atoms with Gasteiger partial charge in [0.1, 0.15) is 12.6 Å². The van der Waals surface area contributed by atoms with E-state index >= 15 is 0 Å². The summed E-state index contributed by atoms with van der Waals surface area (Å²) in [4.78, 5) is 28.4. The summed E-state index contributed by atoms with van der Waals surface area (Å²) in [6.07, 6.45) is 0.727. The number of carbonyl (C=O) groups excluding carboxylic acids is 2. The van der Waals surface area contributed by atoms with E-state index in [0.29, 0.717) is 28.6 Å². The maximum atomic E-state index is 14.2. The molecule has 0 bridgehead atoms. The van der Waals surface area contributed by atoms with Crippen LogP contribution in [0.25, 0.3) is 0 Å². The van der Waals surface area contributed by atoms with E-state index in [0.717, 1.165) is 21.9 Å². The molecule has 2 amide bonds. The summed E-state index contributed by atoms with van der Waals surface area (Å²) in [6.45, 7) is 7.21. The molecule has 0 unspecified atom stereocenters. The first-order chi connectivity index (χ1) is 19.9. The van der Waals surface area contributed by atoms with Crippen molar-refractivity contribution in [3.8, 4) is 11.5 Å². The fourth-order valence-electron chi connectivity index (χ4n) is 4.54. The number of rotatable bonds is 13. The third-order valence-corrected chi connectivity index (χ3v) is 8.68. The monoisotopic (exact) mass is 615 g/mol. The quantitative estimate of drug-likeness (QED) is 0.286. The lowest BCUT2D eigenvalue weighted by molar-refractivity contribution is -0.139. The second-order valence-electron chi connectivity index (χ2n) is 9.99. The van der Waals surface area contributed by atoms with Crippen LogP contribution >= 0.6 is 11.6 Å². The largest absolute Gasteiger partial charge is 0.493 e. The highest BCUT2D eigenvalue weighted by molar-refractivity contribution is 7.92. The number of nitrogens with zero attached hydrogens (tertiary/aromatic N) is 2. The highest BCUT2D eigenvalue weighted by atomic mass is 35.5. The average molecular weight is 616 g/mol. The number of anilines is 1. The zero-order chi connectivity index (χ0) is 31.0. The number of halogens is 1. The Morgan fingerprint density at radius 3 is 2.21 bits per heavy atom. The van der Waals surface area contributed by atoms with E-state index < -0.39 is 28.5 Å². The van der Waals surface area contributed by atoms with Crippen LogP contribution in [0.4, 0.5) is 5.69 Å². The van der Waals surface area contributed by atoms with E-state index in [1.54, 1.807) is 43.3 Å². The topological polar surface area (TPSA) is 105 Å². The van der Waals surface area contributed by atoms with Gasteiger partial charge in [0, 0.05) is 24.2 Å². The molecule has 0 saturated heterocycles. The molecule has 0 aliphatic rings. The van der Waals surface area contributed by atoms with Crippen LogP contribution in [0, 0.1) is 13.8 Å². The lowest BCUT2D eigenvalue weighted by Crippen LogP contribution is -2.51. The summed E-state index contributed by atoms with van der Waals surface area (Å²) < 4.78 is 40.1. The molecule has 1 N–H and O–H groups in total. The van der Waals surface area contributed by atoms with Gasteiger partial charge in [-0.2, -0.15) is 0 Å². The summed E-state index contributed by atoms with van der Waals surface area (Å²) in [5, 5.41) is 3.31. The van der Waals surface area contributed by atoms with Gasteiger partial charge in [-0.1, -0.05) is 36.7 Å². The van der Waals surface area contributed by atoms with E-state index in [1.807, 2.05) is 26.8 Å². The molecule has 0 spiro atoms. The lowest BCUT2D eigenvalue weighted by Gasteiger charge is -2.32. The Hall–Kier alpha value is -3.76. The van der Waals surface area contributed by atoms with Gasteiger partial charge in [-0.05, 0) is 80.3 Å². The molecular weight excluding hydrogens is 578 g/mol. The first kappa shape index (κ1) is 32.8. The van der Waals surface area contributed by atoms with Crippen molar-refractivity contribution in [3.05, 3.63) is 82.4 Å². The van der Waals surface area contributed by atoms with Crippen LogP contribution in [0.15, 0.2) is 65.6 Å². The fraction of sp³-hybridized carbons (Fsp3) is 0.355. The predicted molar refractivity (Wildman–Crippen MR) is 165 cm³/mol. The molecule has 9 nitrogen and oxygen atoms in total. The second kappa shape index (κ2) is 14.4. The van der Waals surface area contributed by atoms with E-state index in [1.165, 1.54) is 37.3 Å². The van der Waals surface area contributed by atoms with E-state index in [-0.39, 0.29) is 23.1 Å². The normalized spacial score (nSPS) is 11.9. The predicted octanol–water partition coefficient (Wildman–Crippen LogP) is 5.11. The van der Waals surface area contributed by atoms with Crippen molar-refractivity contribution in [3.63, 3.8) is 0 Å². The Balaban J connectivity index is 2.10. The van der Waals surface area contributed by atoms with Crippen molar-refractivity contribution in [2.24, 2.45) is 0 Å². The molecular formula is C31H38ClN3O6S. The van der Waals surface area contributed by atoms with Crippen LogP contribution in [-0.4, -0.2) is 58.5 Å². The van der Waals surface area contributed by atoms with Gasteiger partial charge in [-0.15, -0.1) is 0 Å². The van der Waals surface area contributed by atoms with E-state index in [4.69, 9.17) is 21.1 Å². The van der Waals surface area contributed by atoms with E-state index in [9.17, 15) is 18.0 Å². The number of methoxy groups -OCH3 is 2. The van der Waals surface area contributed by atoms with Crippen molar-refractivity contribution < 1.29 is 27.5 Å². The highest BCUT2D eigenvalue weighted by Crippen LogP contribution is 2.33. The fourth-order valence-corrected chi connectivity index (χ4v) is 6.16. The average Bonchev–Trinajstić information content (AvgIpc) is 2.95. The maximum absolute atomic E-state index is 14.2. The Kier molecular flexibility index (Phi) is 11.2. The Bertz CT molecular complexity index is 1510. The smallest absolute Gasteiger partial charge is 0.264 e. The van der Waals surface area contributed by atoms with E-state index in [2.05, 4.69) is 5.32 Å². The van der Waals surface area contributed by atoms with Gasteiger partial charge >= 0.3 is 0 Å². The number of carbonyl (C=O) groups is 2. The van der Waals surface area contributed by atoms with Gasteiger partial charge in [0.15, 0.2) is 11.5 Å². The molecule has 0 fully saturated rings. The zero-order valence-electron chi connectivity index (χ0n) is 24.8. The van der Waals surface area contributed by atoms with Crippen molar-refractivity contribution >= 4 is 39.1 Å². The van der Waals surface area contributed by atoms with Crippen molar-refractivity contribution in [1.29, 1.82) is 0 Å². The Labute approximate surface area is 253 Å². The molecule has 0 aliphatic carbocycles. The minimum atomic E-state index is -4.28. The summed E-state index contributed by atoms with van der Waals surface area (Å²) in [5.74, 6) is -0.301. The van der Waals surface area contributed by atoms with Crippen molar-refractivity contribution in [2.45, 2.75) is 51.6 Å². The van der Waals surface area contributed by atoms with Crippen molar-refractivity contribution in [1.82, 2.24) is 10.2 Å². The third kappa shape index (κ3) is 7.95. The lowest BCUT2D eigenvalue weighted by atomic mass is 10.1. The number of hydrogen-bond donors (Lipinski definition) is 1. The van der Waals surface area contributed by atoms with Gasteiger partial charge in [0.25, 0.3) is 10.0 Å². The molecule has 3 aromatic carbocycles. The minimum Gasteiger partial charge on any atom is -0.493 e. The zero-order valence-corrected chi connectivity index (χ0v) is 26.4.